The molecular weight excluding hydrogens is 198 g/mol. The molecule has 3 N–H and O–H groups in total. The number of ether oxygens (including phenoxy) is 1. The van der Waals surface area contributed by atoms with E-state index < -0.39 is 12.1 Å². The molecule has 0 bridgehead atoms. The minimum absolute atomic E-state index is 0.184. The lowest BCUT2D eigenvalue weighted by atomic mass is 10.0. The minimum atomic E-state index is -0.843. The van der Waals surface area contributed by atoms with Crippen LogP contribution in [0.3, 0.4) is 0 Å². The molecule has 0 aromatic rings. The predicted octanol–water partition coefficient (Wildman–Crippen LogP) is -0.483. The van der Waals surface area contributed by atoms with Crippen molar-refractivity contribution in [2.45, 2.75) is 32.4 Å². The van der Waals surface area contributed by atoms with Crippen LogP contribution < -0.4 is 5.32 Å². The molecule has 0 aliphatic heterocycles. The van der Waals surface area contributed by atoms with Crippen molar-refractivity contribution >= 4 is 5.97 Å². The van der Waals surface area contributed by atoms with Gasteiger partial charge in [-0.15, -0.1) is 0 Å². The predicted molar refractivity (Wildman–Crippen MR) is 56.4 cm³/mol. The van der Waals surface area contributed by atoms with Crippen LogP contribution >= 0.6 is 0 Å². The second-order valence-electron chi connectivity index (χ2n) is 3.95. The van der Waals surface area contributed by atoms with E-state index in [-0.39, 0.29) is 19.1 Å². The van der Waals surface area contributed by atoms with Gasteiger partial charge in [-0.2, -0.15) is 0 Å². The molecule has 0 aliphatic carbocycles. The Balaban J connectivity index is 4.07. The molecule has 15 heavy (non-hydrogen) atoms. The maximum atomic E-state index is 11.3. The maximum Gasteiger partial charge on any atom is 0.322 e. The van der Waals surface area contributed by atoms with E-state index in [9.17, 15) is 4.79 Å². The van der Waals surface area contributed by atoms with Gasteiger partial charge in [0.25, 0.3) is 0 Å². The number of nitrogens with one attached hydrogen (secondary N) is 1. The van der Waals surface area contributed by atoms with Gasteiger partial charge in [0, 0.05) is 6.54 Å². The molecule has 0 saturated heterocycles. The summed E-state index contributed by atoms with van der Waals surface area (Å²) in [5.74, 6) is 0.0155. The summed E-state index contributed by atoms with van der Waals surface area (Å²) in [6.45, 7) is 3.87. The quantitative estimate of drug-likeness (QED) is 0.504. The van der Waals surface area contributed by atoms with E-state index in [4.69, 9.17) is 10.2 Å². The molecule has 0 aromatic heterocycles. The fourth-order valence-corrected chi connectivity index (χ4v) is 1.22. The first kappa shape index (κ1) is 14.3. The average molecular weight is 219 g/mol. The molecule has 0 aliphatic rings. The number of rotatable bonds is 7. The first-order valence-electron chi connectivity index (χ1n) is 5.11. The normalized spacial score (nSPS) is 15.1. The van der Waals surface area contributed by atoms with Crippen molar-refractivity contribution in [1.29, 1.82) is 0 Å². The van der Waals surface area contributed by atoms with Gasteiger partial charge in [0.05, 0.1) is 19.8 Å². The molecule has 1 unspecified atom stereocenters. The number of carbonyl (C=O) groups is 1. The number of methoxy groups -OCH3 is 1. The second kappa shape index (κ2) is 7.62. The van der Waals surface area contributed by atoms with E-state index in [0.717, 1.165) is 0 Å². The third-order valence-electron chi connectivity index (χ3n) is 2.00. The van der Waals surface area contributed by atoms with Crippen LogP contribution in [0.1, 0.15) is 20.3 Å². The zero-order chi connectivity index (χ0) is 11.8. The van der Waals surface area contributed by atoms with Gasteiger partial charge in [0.1, 0.15) is 6.04 Å². The first-order chi connectivity index (χ1) is 7.01. The summed E-state index contributed by atoms with van der Waals surface area (Å²) in [5, 5.41) is 20.6. The van der Waals surface area contributed by atoms with Gasteiger partial charge in [0.2, 0.25) is 0 Å². The lowest BCUT2D eigenvalue weighted by Gasteiger charge is -2.19. The largest absolute Gasteiger partial charge is 0.468 e. The van der Waals surface area contributed by atoms with Gasteiger partial charge in [0.15, 0.2) is 0 Å². The fraction of sp³-hybridized carbons (Fsp3) is 0.900. The molecule has 0 spiro atoms. The number of hydrogen-bond donors (Lipinski definition) is 3. The smallest absolute Gasteiger partial charge is 0.322 e. The van der Waals surface area contributed by atoms with Gasteiger partial charge in [-0.1, -0.05) is 13.8 Å². The number of aliphatic hydroxyl groups excluding tert-OH is 2. The van der Waals surface area contributed by atoms with E-state index in [1.54, 1.807) is 0 Å². The molecule has 5 heteroatoms. The molecule has 2 atom stereocenters. The van der Waals surface area contributed by atoms with Crippen LogP contribution in [-0.2, 0) is 9.53 Å². The molecule has 0 saturated carbocycles. The highest BCUT2D eigenvalue weighted by molar-refractivity contribution is 5.75. The molecule has 90 valence electrons. The minimum Gasteiger partial charge on any atom is -0.468 e. The van der Waals surface area contributed by atoms with E-state index in [1.165, 1.54) is 7.11 Å². The van der Waals surface area contributed by atoms with Crippen LogP contribution in [0.15, 0.2) is 0 Å². The monoisotopic (exact) mass is 219 g/mol. The van der Waals surface area contributed by atoms with Crippen molar-refractivity contribution in [1.82, 2.24) is 5.32 Å². The summed E-state index contributed by atoms with van der Waals surface area (Å²) in [4.78, 5) is 11.3. The molecule has 0 amide bonds. The summed E-state index contributed by atoms with van der Waals surface area (Å²) in [6, 6.07) is -0.420. The lowest BCUT2D eigenvalue weighted by Crippen LogP contribution is -2.43. The Morgan fingerprint density at radius 1 is 1.47 bits per heavy atom. The van der Waals surface area contributed by atoms with Crippen molar-refractivity contribution in [2.75, 3.05) is 20.3 Å². The van der Waals surface area contributed by atoms with Crippen LogP contribution in [0, 0.1) is 5.92 Å². The molecular formula is C10H21NO4. The number of aliphatic hydroxyl groups is 2. The molecule has 0 radical (unpaired) electrons. The molecule has 0 aromatic carbocycles. The van der Waals surface area contributed by atoms with Gasteiger partial charge in [-0.25, -0.2) is 0 Å². The highest BCUT2D eigenvalue weighted by atomic mass is 16.5. The third-order valence-corrected chi connectivity index (χ3v) is 2.00. The highest BCUT2D eigenvalue weighted by Crippen LogP contribution is 2.06. The van der Waals surface area contributed by atoms with Gasteiger partial charge in [-0.3, -0.25) is 4.79 Å². The topological polar surface area (TPSA) is 78.8 Å². The SMILES string of the molecule is COC(=O)C(CC(C)C)NC[C@H](O)CO. The van der Waals surface area contributed by atoms with E-state index >= 15 is 0 Å². The maximum absolute atomic E-state index is 11.3. The zero-order valence-electron chi connectivity index (χ0n) is 9.56. The first-order valence-corrected chi connectivity index (χ1v) is 5.11. The van der Waals surface area contributed by atoms with E-state index in [2.05, 4.69) is 10.1 Å². The van der Waals surface area contributed by atoms with Crippen LogP contribution in [-0.4, -0.2) is 48.6 Å². The van der Waals surface area contributed by atoms with Crippen molar-refractivity contribution in [2.24, 2.45) is 5.92 Å². The standard InChI is InChI=1S/C10H21NO4/c1-7(2)4-9(10(14)15-3)11-5-8(13)6-12/h7-9,11-13H,4-6H2,1-3H3/t8-,9?/m0/s1. The molecule has 0 fully saturated rings. The summed E-state index contributed by atoms with van der Waals surface area (Å²) < 4.78 is 4.63. The Bertz CT molecular complexity index is 184. The summed E-state index contributed by atoms with van der Waals surface area (Å²) in [7, 11) is 1.33. The highest BCUT2D eigenvalue weighted by Gasteiger charge is 2.20. The number of hydrogen-bond acceptors (Lipinski definition) is 5. The number of carbonyl (C=O) groups excluding carboxylic acids is 1. The van der Waals surface area contributed by atoms with Crippen LogP contribution in [0.5, 0.6) is 0 Å². The zero-order valence-corrected chi connectivity index (χ0v) is 9.56. The third kappa shape index (κ3) is 6.43. The van der Waals surface area contributed by atoms with Crippen LogP contribution in [0.2, 0.25) is 0 Å². The fourth-order valence-electron chi connectivity index (χ4n) is 1.22. The van der Waals surface area contributed by atoms with Gasteiger partial charge in [-0.05, 0) is 12.3 Å². The van der Waals surface area contributed by atoms with Crippen LogP contribution in [0.25, 0.3) is 0 Å². The van der Waals surface area contributed by atoms with Gasteiger partial charge < -0.3 is 20.3 Å². The molecule has 0 rings (SSSR count). The van der Waals surface area contributed by atoms with Crippen molar-refractivity contribution < 1.29 is 19.7 Å². The van der Waals surface area contributed by atoms with Gasteiger partial charge >= 0.3 is 5.97 Å². The van der Waals surface area contributed by atoms with E-state index in [1.807, 2.05) is 13.8 Å². The Morgan fingerprint density at radius 3 is 2.47 bits per heavy atom. The Labute approximate surface area is 90.4 Å². The Morgan fingerprint density at radius 2 is 2.07 bits per heavy atom. The number of esters is 1. The van der Waals surface area contributed by atoms with E-state index in [0.29, 0.717) is 12.3 Å². The van der Waals surface area contributed by atoms with Crippen molar-refractivity contribution in [3.05, 3.63) is 0 Å². The lowest BCUT2D eigenvalue weighted by molar-refractivity contribution is -0.143. The summed E-state index contributed by atoms with van der Waals surface area (Å²) >= 11 is 0. The Kier molecular flexibility index (Phi) is 7.29. The second-order valence-corrected chi connectivity index (χ2v) is 3.95. The van der Waals surface area contributed by atoms with Crippen LogP contribution in [0.4, 0.5) is 0 Å². The molecule has 5 nitrogen and oxygen atoms in total. The summed E-state index contributed by atoms with van der Waals surface area (Å²) in [5.41, 5.74) is 0. The van der Waals surface area contributed by atoms with Crippen molar-refractivity contribution in [3.63, 3.8) is 0 Å². The van der Waals surface area contributed by atoms with Crippen molar-refractivity contribution in [3.8, 4) is 0 Å². The Hall–Kier alpha value is -0.650. The summed E-state index contributed by atoms with van der Waals surface area (Å²) in [6.07, 6.45) is -0.200. The average Bonchev–Trinajstić information content (AvgIpc) is 2.21. The molecule has 0 heterocycles.